The van der Waals surface area contributed by atoms with Gasteiger partial charge in [-0.2, -0.15) is 0 Å². The van der Waals surface area contributed by atoms with Gasteiger partial charge in [-0.15, -0.1) is 0 Å². The van der Waals surface area contributed by atoms with Crippen molar-refractivity contribution in [3.8, 4) is 11.5 Å². The predicted molar refractivity (Wildman–Crippen MR) is 69.1 cm³/mol. The fourth-order valence-electron chi connectivity index (χ4n) is 1.73. The maximum absolute atomic E-state index is 10.9. The highest BCUT2D eigenvalue weighted by Gasteiger charge is 2.15. The minimum atomic E-state index is -0.741. The van der Waals surface area contributed by atoms with Gasteiger partial charge in [-0.25, -0.2) is 0 Å². The first kappa shape index (κ1) is 14.4. The first-order valence-electron chi connectivity index (χ1n) is 6.17. The van der Waals surface area contributed by atoms with Crippen LogP contribution in [0.3, 0.4) is 0 Å². The van der Waals surface area contributed by atoms with Crippen molar-refractivity contribution in [2.24, 2.45) is 5.92 Å². The van der Waals surface area contributed by atoms with Gasteiger partial charge >= 0.3 is 5.97 Å². The van der Waals surface area contributed by atoms with Crippen molar-refractivity contribution in [2.45, 2.75) is 26.2 Å². The molecule has 1 aromatic rings. The molecule has 0 aliphatic rings. The minimum Gasteiger partial charge on any atom is -0.497 e. The van der Waals surface area contributed by atoms with Gasteiger partial charge in [-0.1, -0.05) is 13.3 Å². The monoisotopic (exact) mass is 252 g/mol. The van der Waals surface area contributed by atoms with Crippen LogP contribution < -0.4 is 9.47 Å². The van der Waals surface area contributed by atoms with Crippen LogP contribution in [-0.4, -0.2) is 24.8 Å². The third-order valence-electron chi connectivity index (χ3n) is 2.78. The molecule has 100 valence electrons. The highest BCUT2D eigenvalue weighted by molar-refractivity contribution is 5.69. The summed E-state index contributed by atoms with van der Waals surface area (Å²) in [7, 11) is 1.61. The summed E-state index contributed by atoms with van der Waals surface area (Å²) in [6.45, 7) is 2.41. The highest BCUT2D eigenvalue weighted by Crippen LogP contribution is 2.18. The Labute approximate surface area is 108 Å². The summed E-state index contributed by atoms with van der Waals surface area (Å²) in [6, 6.07) is 7.26. The normalized spacial score (nSPS) is 11.9. The van der Waals surface area contributed by atoms with Crippen LogP contribution in [-0.2, 0) is 4.79 Å². The van der Waals surface area contributed by atoms with Gasteiger partial charge in [0.1, 0.15) is 11.5 Å². The average Bonchev–Trinajstić information content (AvgIpc) is 2.38. The van der Waals surface area contributed by atoms with E-state index in [1.54, 1.807) is 7.11 Å². The molecule has 0 aromatic heterocycles. The fourth-order valence-corrected chi connectivity index (χ4v) is 1.73. The third kappa shape index (κ3) is 4.65. The second-order valence-electron chi connectivity index (χ2n) is 4.14. The molecule has 0 saturated carbocycles. The van der Waals surface area contributed by atoms with Crippen LogP contribution in [0.2, 0.25) is 0 Å². The van der Waals surface area contributed by atoms with Crippen LogP contribution in [0.1, 0.15) is 26.2 Å². The number of hydrogen-bond acceptors (Lipinski definition) is 3. The number of benzene rings is 1. The molecular formula is C14H20O4. The Bertz CT molecular complexity index is 359. The zero-order chi connectivity index (χ0) is 13.4. The largest absolute Gasteiger partial charge is 0.497 e. The van der Waals surface area contributed by atoms with E-state index in [0.29, 0.717) is 19.4 Å². The van der Waals surface area contributed by atoms with E-state index in [4.69, 9.17) is 14.6 Å². The lowest BCUT2D eigenvalue weighted by atomic mass is 10.0. The molecule has 0 fully saturated rings. The number of methoxy groups -OCH3 is 1. The molecule has 0 heterocycles. The van der Waals surface area contributed by atoms with E-state index < -0.39 is 5.97 Å². The van der Waals surface area contributed by atoms with Crippen molar-refractivity contribution >= 4 is 5.97 Å². The summed E-state index contributed by atoms with van der Waals surface area (Å²) in [5.41, 5.74) is 0. The Morgan fingerprint density at radius 3 is 2.33 bits per heavy atom. The molecule has 18 heavy (non-hydrogen) atoms. The summed E-state index contributed by atoms with van der Waals surface area (Å²) in [5.74, 6) is 0.455. The summed E-state index contributed by atoms with van der Waals surface area (Å²) in [4.78, 5) is 10.9. The quantitative estimate of drug-likeness (QED) is 0.772. The molecule has 0 spiro atoms. The Kier molecular flexibility index (Phi) is 6.05. The van der Waals surface area contributed by atoms with Gasteiger partial charge in [0.2, 0.25) is 0 Å². The number of carboxylic acid groups (broad SMARTS) is 1. The topological polar surface area (TPSA) is 55.8 Å². The number of rotatable bonds is 8. The SMILES string of the molecule is CCCC(CCOc1ccc(OC)cc1)C(=O)O. The third-order valence-corrected chi connectivity index (χ3v) is 2.78. The van der Waals surface area contributed by atoms with Crippen LogP contribution in [0.4, 0.5) is 0 Å². The van der Waals surface area contributed by atoms with Crippen LogP contribution >= 0.6 is 0 Å². The predicted octanol–water partition coefficient (Wildman–Crippen LogP) is 2.97. The highest BCUT2D eigenvalue weighted by atomic mass is 16.5. The van der Waals surface area contributed by atoms with Gasteiger partial charge in [-0.3, -0.25) is 4.79 Å². The van der Waals surface area contributed by atoms with E-state index in [2.05, 4.69) is 0 Å². The Morgan fingerprint density at radius 1 is 1.22 bits per heavy atom. The number of carbonyl (C=O) groups is 1. The van der Waals surface area contributed by atoms with Gasteiger partial charge in [0.15, 0.2) is 0 Å². The molecular weight excluding hydrogens is 232 g/mol. The lowest BCUT2D eigenvalue weighted by Gasteiger charge is -2.12. The van der Waals surface area contributed by atoms with Crippen molar-refractivity contribution < 1.29 is 19.4 Å². The van der Waals surface area contributed by atoms with Gasteiger partial charge in [0.05, 0.1) is 19.6 Å². The lowest BCUT2D eigenvalue weighted by molar-refractivity contribution is -0.142. The second-order valence-corrected chi connectivity index (χ2v) is 4.14. The number of aliphatic carboxylic acids is 1. The van der Waals surface area contributed by atoms with Gasteiger partial charge in [0, 0.05) is 0 Å². The second kappa shape index (κ2) is 7.58. The van der Waals surface area contributed by atoms with Crippen LogP contribution in [0.15, 0.2) is 24.3 Å². The Balaban J connectivity index is 2.37. The Hall–Kier alpha value is -1.71. The van der Waals surface area contributed by atoms with Crippen molar-refractivity contribution in [2.75, 3.05) is 13.7 Å². The van der Waals surface area contributed by atoms with Crippen molar-refractivity contribution in [1.82, 2.24) is 0 Å². The van der Waals surface area contributed by atoms with Crippen LogP contribution in [0, 0.1) is 5.92 Å². The van der Waals surface area contributed by atoms with Gasteiger partial charge in [0.25, 0.3) is 0 Å². The van der Waals surface area contributed by atoms with Gasteiger partial charge in [-0.05, 0) is 37.1 Å². The molecule has 0 saturated heterocycles. The number of carboxylic acids is 1. The molecule has 0 radical (unpaired) electrons. The first-order valence-corrected chi connectivity index (χ1v) is 6.17. The molecule has 0 aliphatic carbocycles. The Morgan fingerprint density at radius 2 is 1.83 bits per heavy atom. The smallest absolute Gasteiger partial charge is 0.306 e. The van der Waals surface area contributed by atoms with E-state index in [0.717, 1.165) is 17.9 Å². The molecule has 0 bridgehead atoms. The van der Waals surface area contributed by atoms with Crippen molar-refractivity contribution in [1.29, 1.82) is 0 Å². The molecule has 1 rings (SSSR count). The molecule has 0 amide bonds. The molecule has 0 aliphatic heterocycles. The molecule has 4 heteroatoms. The zero-order valence-electron chi connectivity index (χ0n) is 10.9. The lowest BCUT2D eigenvalue weighted by Crippen LogP contribution is -2.16. The summed E-state index contributed by atoms with van der Waals surface area (Å²) in [5, 5.41) is 9.00. The van der Waals surface area contributed by atoms with Crippen molar-refractivity contribution in [3.63, 3.8) is 0 Å². The first-order chi connectivity index (χ1) is 8.67. The molecule has 1 N–H and O–H groups in total. The average molecular weight is 252 g/mol. The van der Waals surface area contributed by atoms with Crippen molar-refractivity contribution in [3.05, 3.63) is 24.3 Å². The molecule has 4 nitrogen and oxygen atoms in total. The van der Waals surface area contributed by atoms with E-state index in [-0.39, 0.29) is 5.92 Å². The van der Waals surface area contributed by atoms with E-state index >= 15 is 0 Å². The molecule has 1 aromatic carbocycles. The maximum atomic E-state index is 10.9. The summed E-state index contributed by atoms with van der Waals surface area (Å²) in [6.07, 6.45) is 2.11. The number of hydrogen-bond donors (Lipinski definition) is 1. The number of ether oxygens (including phenoxy) is 2. The van der Waals surface area contributed by atoms with E-state index in [9.17, 15) is 4.79 Å². The van der Waals surface area contributed by atoms with Gasteiger partial charge < -0.3 is 14.6 Å². The van der Waals surface area contributed by atoms with E-state index in [1.165, 1.54) is 0 Å². The van der Waals surface area contributed by atoms with E-state index in [1.807, 2.05) is 31.2 Å². The van der Waals surface area contributed by atoms with Crippen LogP contribution in [0.25, 0.3) is 0 Å². The zero-order valence-corrected chi connectivity index (χ0v) is 10.9. The van der Waals surface area contributed by atoms with Crippen LogP contribution in [0.5, 0.6) is 11.5 Å². The maximum Gasteiger partial charge on any atom is 0.306 e. The summed E-state index contributed by atoms with van der Waals surface area (Å²) >= 11 is 0. The molecule has 1 atom stereocenters. The summed E-state index contributed by atoms with van der Waals surface area (Å²) < 4.78 is 10.6. The fraction of sp³-hybridized carbons (Fsp3) is 0.500. The standard InChI is InChI=1S/C14H20O4/c1-3-4-11(14(15)16)9-10-18-13-7-5-12(17-2)6-8-13/h5-8,11H,3-4,9-10H2,1-2H3,(H,15,16). The molecule has 1 unspecified atom stereocenters. The minimum absolute atomic E-state index is 0.312.